The first-order valence-corrected chi connectivity index (χ1v) is 6.69. The van der Waals surface area contributed by atoms with Gasteiger partial charge in [0, 0.05) is 13.0 Å². The molecule has 0 saturated heterocycles. The number of hydrogen-bond donors (Lipinski definition) is 2. The van der Waals surface area contributed by atoms with E-state index in [2.05, 4.69) is 24.3 Å². The summed E-state index contributed by atoms with van der Waals surface area (Å²) < 4.78 is 6.07. The Morgan fingerprint density at radius 2 is 2.00 bits per heavy atom. The minimum atomic E-state index is -0.467. The molecule has 3 N–H and O–H groups in total. The molecule has 0 fully saturated rings. The molecule has 3 nitrogen and oxygen atoms in total. The van der Waals surface area contributed by atoms with Gasteiger partial charge in [0.1, 0.15) is 0 Å². The number of aryl methyl sites for hydroxylation is 1. The minimum absolute atomic E-state index is 0.182. The summed E-state index contributed by atoms with van der Waals surface area (Å²) in [6.45, 7) is 4.16. The van der Waals surface area contributed by atoms with E-state index in [0.717, 1.165) is 19.3 Å². The Morgan fingerprint density at radius 3 is 2.61 bits per heavy atom. The molecule has 1 aromatic rings. The summed E-state index contributed by atoms with van der Waals surface area (Å²) in [6, 6.07) is 8.46. The average molecular weight is 249 g/mol. The lowest BCUT2D eigenvalue weighted by molar-refractivity contribution is -0.124. The predicted molar refractivity (Wildman–Crippen MR) is 72.5 cm³/mol. The van der Waals surface area contributed by atoms with Crippen LogP contribution in [0, 0.1) is 0 Å². The smallest absolute Gasteiger partial charge is 0.0852 e. The second-order valence-electron chi connectivity index (χ2n) is 5.40. The van der Waals surface area contributed by atoms with Crippen LogP contribution >= 0.6 is 0 Å². The third-order valence-corrected chi connectivity index (χ3v) is 3.97. The van der Waals surface area contributed by atoms with Gasteiger partial charge in [-0.2, -0.15) is 0 Å². The van der Waals surface area contributed by atoms with Gasteiger partial charge >= 0.3 is 0 Å². The number of benzene rings is 1. The largest absolute Gasteiger partial charge is 0.391 e. The monoisotopic (exact) mass is 249 g/mol. The predicted octanol–water partition coefficient (Wildman–Crippen LogP) is 1.66. The van der Waals surface area contributed by atoms with Crippen LogP contribution in [-0.2, 0) is 17.6 Å². The number of aliphatic hydroxyl groups is 1. The second-order valence-corrected chi connectivity index (χ2v) is 5.40. The third kappa shape index (κ3) is 2.74. The first kappa shape index (κ1) is 13.5. The summed E-state index contributed by atoms with van der Waals surface area (Å²) >= 11 is 0. The molecule has 3 atom stereocenters. The molecule has 0 spiro atoms. The molecule has 0 aromatic heterocycles. The summed E-state index contributed by atoms with van der Waals surface area (Å²) in [5.74, 6) is 0. The van der Waals surface area contributed by atoms with Crippen LogP contribution in [-0.4, -0.2) is 29.5 Å². The standard InChI is InChI=1S/C15H23NO2/c1-11(17)12(2)18-15(10-16)8-7-13-5-3-4-6-14(13)9-15/h3-6,11-12,17H,7-10,16H2,1-2H3. The molecule has 0 heterocycles. The van der Waals surface area contributed by atoms with E-state index in [-0.39, 0.29) is 11.7 Å². The van der Waals surface area contributed by atoms with E-state index >= 15 is 0 Å². The quantitative estimate of drug-likeness (QED) is 0.853. The van der Waals surface area contributed by atoms with Gasteiger partial charge in [-0.05, 0) is 37.8 Å². The molecule has 3 heteroatoms. The van der Waals surface area contributed by atoms with Gasteiger partial charge in [-0.3, -0.25) is 0 Å². The Labute approximate surface area is 109 Å². The van der Waals surface area contributed by atoms with Crippen LogP contribution in [0.2, 0.25) is 0 Å². The van der Waals surface area contributed by atoms with Crippen molar-refractivity contribution in [3.8, 4) is 0 Å². The number of rotatable bonds is 4. The van der Waals surface area contributed by atoms with E-state index in [1.54, 1.807) is 6.92 Å². The van der Waals surface area contributed by atoms with Crippen LogP contribution in [0.1, 0.15) is 31.4 Å². The van der Waals surface area contributed by atoms with E-state index in [9.17, 15) is 5.11 Å². The fourth-order valence-corrected chi connectivity index (χ4v) is 2.59. The van der Waals surface area contributed by atoms with Crippen LogP contribution in [0.3, 0.4) is 0 Å². The first-order chi connectivity index (χ1) is 8.56. The van der Waals surface area contributed by atoms with E-state index in [1.807, 2.05) is 6.92 Å². The molecular formula is C15H23NO2. The maximum atomic E-state index is 9.59. The summed E-state index contributed by atoms with van der Waals surface area (Å²) in [4.78, 5) is 0. The molecule has 18 heavy (non-hydrogen) atoms. The summed E-state index contributed by atoms with van der Waals surface area (Å²) in [7, 11) is 0. The van der Waals surface area contributed by atoms with Gasteiger partial charge in [-0.1, -0.05) is 24.3 Å². The zero-order valence-corrected chi connectivity index (χ0v) is 11.2. The Morgan fingerprint density at radius 1 is 1.33 bits per heavy atom. The number of hydrogen-bond acceptors (Lipinski definition) is 3. The first-order valence-electron chi connectivity index (χ1n) is 6.69. The summed E-state index contributed by atoms with van der Waals surface area (Å²) in [5, 5.41) is 9.59. The molecule has 1 aliphatic carbocycles. The van der Waals surface area contributed by atoms with E-state index in [0.29, 0.717) is 6.54 Å². The SMILES string of the molecule is CC(O)C(C)OC1(CN)CCc2ccccc2C1. The molecule has 0 aliphatic heterocycles. The van der Waals surface area contributed by atoms with Crippen molar-refractivity contribution >= 4 is 0 Å². The highest BCUT2D eigenvalue weighted by atomic mass is 16.5. The highest BCUT2D eigenvalue weighted by molar-refractivity contribution is 5.31. The summed E-state index contributed by atoms with van der Waals surface area (Å²) in [6.07, 6.45) is 2.12. The van der Waals surface area contributed by atoms with Crippen molar-refractivity contribution in [3.05, 3.63) is 35.4 Å². The second kappa shape index (κ2) is 5.39. The molecule has 0 radical (unpaired) electrons. The highest BCUT2D eigenvalue weighted by Crippen LogP contribution is 2.32. The van der Waals surface area contributed by atoms with Crippen LogP contribution < -0.4 is 5.73 Å². The zero-order chi connectivity index (χ0) is 13.2. The fourth-order valence-electron chi connectivity index (χ4n) is 2.59. The fraction of sp³-hybridized carbons (Fsp3) is 0.600. The van der Waals surface area contributed by atoms with Gasteiger partial charge in [0.15, 0.2) is 0 Å². The molecule has 0 amide bonds. The van der Waals surface area contributed by atoms with Gasteiger partial charge in [0.25, 0.3) is 0 Å². The zero-order valence-electron chi connectivity index (χ0n) is 11.2. The molecule has 0 bridgehead atoms. The van der Waals surface area contributed by atoms with Crippen molar-refractivity contribution in [1.29, 1.82) is 0 Å². The molecule has 1 aliphatic rings. The lowest BCUT2D eigenvalue weighted by Gasteiger charge is -2.40. The summed E-state index contributed by atoms with van der Waals surface area (Å²) in [5.41, 5.74) is 8.35. The molecule has 3 unspecified atom stereocenters. The highest BCUT2D eigenvalue weighted by Gasteiger charge is 2.36. The third-order valence-electron chi connectivity index (χ3n) is 3.97. The van der Waals surface area contributed by atoms with Crippen molar-refractivity contribution in [1.82, 2.24) is 0 Å². The van der Waals surface area contributed by atoms with Crippen LogP contribution in [0.15, 0.2) is 24.3 Å². The normalized spacial score (nSPS) is 26.4. The molecule has 2 rings (SSSR count). The van der Waals surface area contributed by atoms with Crippen LogP contribution in [0.25, 0.3) is 0 Å². The number of aliphatic hydroxyl groups excluding tert-OH is 1. The maximum absolute atomic E-state index is 9.59. The van der Waals surface area contributed by atoms with Crippen molar-refractivity contribution in [2.24, 2.45) is 5.73 Å². The number of fused-ring (bicyclic) bond motifs is 1. The molecular weight excluding hydrogens is 226 g/mol. The van der Waals surface area contributed by atoms with Crippen molar-refractivity contribution in [2.45, 2.75) is 50.9 Å². The molecule has 1 aromatic carbocycles. The van der Waals surface area contributed by atoms with E-state index in [4.69, 9.17) is 10.5 Å². The Kier molecular flexibility index (Phi) is 4.05. The van der Waals surface area contributed by atoms with Crippen molar-refractivity contribution in [3.63, 3.8) is 0 Å². The Bertz CT molecular complexity index is 405. The number of nitrogens with two attached hydrogens (primary N) is 1. The molecule has 0 saturated carbocycles. The van der Waals surface area contributed by atoms with Crippen molar-refractivity contribution in [2.75, 3.05) is 6.54 Å². The van der Waals surface area contributed by atoms with Crippen molar-refractivity contribution < 1.29 is 9.84 Å². The Hall–Kier alpha value is -0.900. The Balaban J connectivity index is 2.16. The maximum Gasteiger partial charge on any atom is 0.0852 e. The lowest BCUT2D eigenvalue weighted by atomic mass is 9.80. The minimum Gasteiger partial charge on any atom is -0.391 e. The van der Waals surface area contributed by atoms with Gasteiger partial charge in [-0.15, -0.1) is 0 Å². The van der Waals surface area contributed by atoms with E-state index in [1.165, 1.54) is 11.1 Å². The van der Waals surface area contributed by atoms with Gasteiger partial charge < -0.3 is 15.6 Å². The van der Waals surface area contributed by atoms with Crippen LogP contribution in [0.4, 0.5) is 0 Å². The topological polar surface area (TPSA) is 55.5 Å². The lowest BCUT2D eigenvalue weighted by Crippen LogP contribution is -2.49. The van der Waals surface area contributed by atoms with Gasteiger partial charge in [-0.25, -0.2) is 0 Å². The number of ether oxygens (including phenoxy) is 1. The van der Waals surface area contributed by atoms with Gasteiger partial charge in [0.2, 0.25) is 0 Å². The molecule has 100 valence electrons. The van der Waals surface area contributed by atoms with E-state index < -0.39 is 6.10 Å². The van der Waals surface area contributed by atoms with Crippen LogP contribution in [0.5, 0.6) is 0 Å². The average Bonchev–Trinajstić information content (AvgIpc) is 2.38. The van der Waals surface area contributed by atoms with Gasteiger partial charge in [0.05, 0.1) is 17.8 Å².